The van der Waals surface area contributed by atoms with Crippen molar-refractivity contribution in [2.45, 2.75) is 33.7 Å². The lowest BCUT2D eigenvalue weighted by Gasteiger charge is -2.17. The maximum absolute atomic E-state index is 12.5. The number of benzene rings is 1. The number of rotatable bonds is 8. The van der Waals surface area contributed by atoms with Crippen molar-refractivity contribution in [3.63, 3.8) is 0 Å². The van der Waals surface area contributed by atoms with Crippen LogP contribution in [-0.2, 0) is 11.3 Å². The lowest BCUT2D eigenvalue weighted by molar-refractivity contribution is -0.907. The van der Waals surface area contributed by atoms with Crippen molar-refractivity contribution in [3.05, 3.63) is 53.6 Å². The average molecular weight is 369 g/mol. The summed E-state index contributed by atoms with van der Waals surface area (Å²) in [5.74, 6) is 1.35. The summed E-state index contributed by atoms with van der Waals surface area (Å²) >= 11 is 0. The molecule has 3 rings (SSSR count). The monoisotopic (exact) mass is 369 g/mol. The van der Waals surface area contributed by atoms with Gasteiger partial charge in [0.15, 0.2) is 18.8 Å². The minimum Gasteiger partial charge on any atom is -0.459 e. The van der Waals surface area contributed by atoms with E-state index >= 15 is 0 Å². The Bertz CT molecular complexity index is 887. The van der Waals surface area contributed by atoms with Crippen molar-refractivity contribution < 1.29 is 18.5 Å². The summed E-state index contributed by atoms with van der Waals surface area (Å²) in [5.41, 5.74) is 3.02. The van der Waals surface area contributed by atoms with Crippen molar-refractivity contribution in [2.24, 2.45) is 0 Å². The van der Waals surface area contributed by atoms with E-state index in [0.29, 0.717) is 30.6 Å². The van der Waals surface area contributed by atoms with Crippen LogP contribution in [0.15, 0.2) is 45.4 Å². The molecule has 3 aromatic rings. The highest BCUT2D eigenvalue weighted by Crippen LogP contribution is 2.17. The summed E-state index contributed by atoms with van der Waals surface area (Å²) in [7, 11) is 0. The molecule has 1 atom stereocenters. The minimum absolute atomic E-state index is 0.0297. The van der Waals surface area contributed by atoms with E-state index in [2.05, 4.69) is 22.4 Å². The van der Waals surface area contributed by atoms with Crippen LogP contribution in [0.1, 0.15) is 30.4 Å². The van der Waals surface area contributed by atoms with Crippen molar-refractivity contribution in [1.82, 2.24) is 10.2 Å². The molecular weight excluding hydrogens is 344 g/mol. The van der Waals surface area contributed by atoms with Gasteiger partial charge in [0.1, 0.15) is 0 Å². The van der Waals surface area contributed by atoms with Crippen LogP contribution in [0.2, 0.25) is 0 Å². The van der Waals surface area contributed by atoms with Crippen molar-refractivity contribution in [3.8, 4) is 11.7 Å². The Kier molecular flexibility index (Phi) is 6.03. The van der Waals surface area contributed by atoms with Gasteiger partial charge in [-0.25, -0.2) is 0 Å². The molecule has 142 valence electrons. The molecule has 1 unspecified atom stereocenters. The largest absolute Gasteiger partial charge is 0.459 e. The van der Waals surface area contributed by atoms with Crippen LogP contribution in [0.3, 0.4) is 0 Å². The van der Waals surface area contributed by atoms with E-state index in [4.69, 9.17) is 8.83 Å². The van der Waals surface area contributed by atoms with Crippen molar-refractivity contribution >= 4 is 11.6 Å². The molecule has 0 saturated carbocycles. The molecule has 0 radical (unpaired) electrons. The summed E-state index contributed by atoms with van der Waals surface area (Å²) in [6, 6.07) is 9.57. The predicted molar refractivity (Wildman–Crippen MR) is 101 cm³/mol. The molecule has 0 bridgehead atoms. The van der Waals surface area contributed by atoms with Gasteiger partial charge in [-0.15, -0.1) is 10.2 Å². The quantitative estimate of drug-likeness (QED) is 0.637. The summed E-state index contributed by atoms with van der Waals surface area (Å²) in [5, 5.41) is 11.1. The predicted octanol–water partition coefficient (Wildman–Crippen LogP) is 2.38. The number of hydrogen-bond donors (Lipinski definition) is 2. The number of aryl methyl sites for hydroxylation is 2. The number of anilines is 1. The smallest absolute Gasteiger partial charge is 0.283 e. The van der Waals surface area contributed by atoms with Gasteiger partial charge in [0.2, 0.25) is 0 Å². The van der Waals surface area contributed by atoms with E-state index in [1.165, 1.54) is 0 Å². The summed E-state index contributed by atoms with van der Waals surface area (Å²) in [6.07, 6.45) is 2.51. The van der Waals surface area contributed by atoms with Gasteiger partial charge < -0.3 is 19.1 Å². The van der Waals surface area contributed by atoms with Gasteiger partial charge in [0.05, 0.1) is 12.8 Å². The molecule has 0 aliphatic carbocycles. The molecule has 2 heterocycles. The fourth-order valence-electron chi connectivity index (χ4n) is 2.92. The first-order valence-corrected chi connectivity index (χ1v) is 9.12. The van der Waals surface area contributed by atoms with E-state index < -0.39 is 0 Å². The van der Waals surface area contributed by atoms with Crippen LogP contribution >= 0.6 is 0 Å². The number of furan rings is 1. The molecule has 2 N–H and O–H groups in total. The summed E-state index contributed by atoms with van der Waals surface area (Å²) < 4.78 is 10.9. The highest BCUT2D eigenvalue weighted by atomic mass is 16.4. The van der Waals surface area contributed by atoms with Gasteiger partial charge in [-0.3, -0.25) is 4.79 Å². The van der Waals surface area contributed by atoms with Gasteiger partial charge >= 0.3 is 0 Å². The number of hydrogen-bond acceptors (Lipinski definition) is 5. The molecular formula is C20H25N4O3+. The molecule has 7 heteroatoms. The fourth-order valence-corrected chi connectivity index (χ4v) is 2.92. The first-order chi connectivity index (χ1) is 13.0. The van der Waals surface area contributed by atoms with E-state index in [0.717, 1.165) is 34.7 Å². The van der Waals surface area contributed by atoms with Crippen LogP contribution in [0.4, 0.5) is 5.69 Å². The standard InChI is InChI=1S/C20H24N4O3/c1-4-9-24(12-18(25)21-16-11-14(2)7-8-15(16)3)13-19-22-23-20(27-19)17-6-5-10-26-17/h5-8,10-11H,4,9,12-13H2,1-3H3,(H,21,25)/p+1. The molecule has 27 heavy (non-hydrogen) atoms. The third-order valence-corrected chi connectivity index (χ3v) is 4.28. The molecule has 0 spiro atoms. The zero-order valence-electron chi connectivity index (χ0n) is 15.9. The third kappa shape index (κ3) is 5.04. The Morgan fingerprint density at radius 2 is 2.07 bits per heavy atom. The Hall–Kier alpha value is -2.93. The number of nitrogens with one attached hydrogen (secondary N) is 2. The number of amides is 1. The van der Waals surface area contributed by atoms with Crippen LogP contribution in [0.25, 0.3) is 11.7 Å². The van der Waals surface area contributed by atoms with Crippen LogP contribution < -0.4 is 10.2 Å². The van der Waals surface area contributed by atoms with Crippen LogP contribution in [0.5, 0.6) is 0 Å². The Labute approximate surface area is 158 Å². The first kappa shape index (κ1) is 18.8. The maximum Gasteiger partial charge on any atom is 0.283 e. The zero-order valence-corrected chi connectivity index (χ0v) is 15.9. The SMILES string of the molecule is CCC[NH+](CC(=O)Nc1cc(C)ccc1C)Cc1nnc(-c2ccco2)o1. The lowest BCUT2D eigenvalue weighted by Crippen LogP contribution is -3.11. The molecule has 0 fully saturated rings. The second-order valence-electron chi connectivity index (χ2n) is 6.70. The topological polar surface area (TPSA) is 85.6 Å². The fraction of sp³-hybridized carbons (Fsp3) is 0.350. The average Bonchev–Trinajstić information content (AvgIpc) is 3.29. The summed E-state index contributed by atoms with van der Waals surface area (Å²) in [6.45, 7) is 7.74. The van der Waals surface area contributed by atoms with Gasteiger partial charge in [-0.1, -0.05) is 19.1 Å². The van der Waals surface area contributed by atoms with Gasteiger partial charge in [0, 0.05) is 5.69 Å². The molecule has 0 aliphatic heterocycles. The minimum atomic E-state index is -0.0297. The highest BCUT2D eigenvalue weighted by Gasteiger charge is 2.19. The Balaban J connectivity index is 1.63. The molecule has 1 amide bonds. The second kappa shape index (κ2) is 8.64. The second-order valence-corrected chi connectivity index (χ2v) is 6.70. The number of aromatic nitrogens is 2. The molecule has 7 nitrogen and oxygen atoms in total. The van der Waals surface area contributed by atoms with E-state index in [9.17, 15) is 4.79 Å². The van der Waals surface area contributed by atoms with E-state index in [1.54, 1.807) is 18.4 Å². The van der Waals surface area contributed by atoms with Crippen LogP contribution in [-0.4, -0.2) is 29.2 Å². The van der Waals surface area contributed by atoms with Crippen LogP contribution in [0, 0.1) is 13.8 Å². The third-order valence-electron chi connectivity index (χ3n) is 4.28. The van der Waals surface area contributed by atoms with Gasteiger partial charge in [0.25, 0.3) is 17.7 Å². The van der Waals surface area contributed by atoms with Gasteiger partial charge in [-0.2, -0.15) is 0 Å². The molecule has 1 aromatic carbocycles. The number of carbonyl (C=O) groups is 1. The number of quaternary nitrogens is 1. The zero-order chi connectivity index (χ0) is 19.2. The van der Waals surface area contributed by atoms with Gasteiger partial charge in [-0.05, 0) is 49.6 Å². The van der Waals surface area contributed by atoms with E-state index in [-0.39, 0.29) is 5.91 Å². The number of carbonyl (C=O) groups excluding carboxylic acids is 1. The molecule has 0 aliphatic rings. The van der Waals surface area contributed by atoms with E-state index in [1.807, 2.05) is 32.0 Å². The maximum atomic E-state index is 12.5. The molecule has 2 aromatic heterocycles. The number of nitrogens with zero attached hydrogens (tertiary/aromatic N) is 2. The lowest BCUT2D eigenvalue weighted by atomic mass is 10.1. The normalized spacial score (nSPS) is 12.1. The molecule has 0 saturated heterocycles. The van der Waals surface area contributed by atoms with Crippen molar-refractivity contribution in [1.29, 1.82) is 0 Å². The Morgan fingerprint density at radius 3 is 2.81 bits per heavy atom. The Morgan fingerprint density at radius 1 is 1.22 bits per heavy atom. The highest BCUT2D eigenvalue weighted by molar-refractivity contribution is 5.92. The van der Waals surface area contributed by atoms with Crippen molar-refractivity contribution in [2.75, 3.05) is 18.4 Å². The summed E-state index contributed by atoms with van der Waals surface area (Å²) in [4.78, 5) is 13.6. The first-order valence-electron chi connectivity index (χ1n) is 9.12.